The molecule has 0 saturated heterocycles. The van der Waals surface area contributed by atoms with Crippen LogP contribution in [-0.4, -0.2) is 37.4 Å². The summed E-state index contributed by atoms with van der Waals surface area (Å²) in [6, 6.07) is 16.1. The highest BCUT2D eigenvalue weighted by Gasteiger charge is 2.27. The molecule has 0 bridgehead atoms. The Labute approximate surface area is 199 Å². The van der Waals surface area contributed by atoms with Crippen LogP contribution in [0, 0.1) is 11.8 Å². The minimum atomic E-state index is -0.158. The molecule has 0 aromatic heterocycles. The van der Waals surface area contributed by atoms with Crippen molar-refractivity contribution in [3.05, 3.63) is 59.7 Å². The molecule has 2 amide bonds. The zero-order chi connectivity index (χ0) is 24.0. The summed E-state index contributed by atoms with van der Waals surface area (Å²) in [7, 11) is 4.03. The Morgan fingerprint density at radius 2 is 1.76 bits per heavy atom. The van der Waals surface area contributed by atoms with E-state index in [2.05, 4.69) is 31.0 Å². The quantitative estimate of drug-likeness (QED) is 0.508. The first kappa shape index (κ1) is 24.8. The van der Waals surface area contributed by atoms with Gasteiger partial charge in [-0.1, -0.05) is 57.5 Å². The van der Waals surface area contributed by atoms with Crippen LogP contribution >= 0.6 is 0 Å². The molecule has 2 aromatic carbocycles. The standard InChI is InChI=1S/C28H39N3O2/c1-6-25(21-11-8-7-9-12-21)28(33)31(18-20(2)3)19-23-17-24(15-16-26(23)30(4)5)29-27(32)22-13-10-14-22/h7-9,11-12,15-17,20,22,25H,6,10,13-14,18-19H2,1-5H3,(H,29,32). The lowest BCUT2D eigenvalue weighted by Gasteiger charge is -2.31. The second-order valence-electron chi connectivity index (χ2n) is 9.84. The monoisotopic (exact) mass is 449 g/mol. The molecule has 1 aliphatic carbocycles. The van der Waals surface area contributed by atoms with Gasteiger partial charge in [0.2, 0.25) is 11.8 Å². The summed E-state index contributed by atoms with van der Waals surface area (Å²) in [5.74, 6) is 0.596. The van der Waals surface area contributed by atoms with E-state index in [-0.39, 0.29) is 23.7 Å². The molecule has 0 heterocycles. The molecule has 5 heteroatoms. The molecule has 1 atom stereocenters. The predicted molar refractivity (Wildman–Crippen MR) is 136 cm³/mol. The molecule has 0 radical (unpaired) electrons. The zero-order valence-corrected chi connectivity index (χ0v) is 20.8. The zero-order valence-electron chi connectivity index (χ0n) is 20.8. The van der Waals surface area contributed by atoms with Crippen molar-refractivity contribution >= 4 is 23.2 Å². The molecular formula is C28H39N3O2. The van der Waals surface area contributed by atoms with Crippen LogP contribution in [0.15, 0.2) is 48.5 Å². The van der Waals surface area contributed by atoms with Gasteiger partial charge in [0.25, 0.3) is 0 Å². The van der Waals surface area contributed by atoms with Gasteiger partial charge in [-0.05, 0) is 54.5 Å². The van der Waals surface area contributed by atoms with Gasteiger partial charge >= 0.3 is 0 Å². The van der Waals surface area contributed by atoms with Gasteiger partial charge in [0, 0.05) is 44.5 Å². The largest absolute Gasteiger partial charge is 0.377 e. The van der Waals surface area contributed by atoms with Crippen LogP contribution in [0.25, 0.3) is 0 Å². The van der Waals surface area contributed by atoms with Gasteiger partial charge in [0.15, 0.2) is 0 Å². The van der Waals surface area contributed by atoms with Crippen molar-refractivity contribution in [3.8, 4) is 0 Å². The highest BCUT2D eigenvalue weighted by Crippen LogP contribution is 2.30. The second kappa shape index (κ2) is 11.4. The maximum Gasteiger partial charge on any atom is 0.230 e. The van der Waals surface area contributed by atoms with E-state index in [1.165, 1.54) is 0 Å². The molecule has 178 valence electrons. The molecule has 5 nitrogen and oxygen atoms in total. The highest BCUT2D eigenvalue weighted by molar-refractivity contribution is 5.93. The lowest BCUT2D eigenvalue weighted by molar-refractivity contribution is -0.134. The number of rotatable bonds is 10. The van der Waals surface area contributed by atoms with Crippen molar-refractivity contribution in [1.82, 2.24) is 4.90 Å². The minimum absolute atomic E-state index is 0.107. The van der Waals surface area contributed by atoms with E-state index >= 15 is 0 Å². The SMILES string of the molecule is CCC(C(=O)N(Cc1cc(NC(=O)C2CCC2)ccc1N(C)C)CC(C)C)c1ccccc1. The summed E-state index contributed by atoms with van der Waals surface area (Å²) < 4.78 is 0. The van der Waals surface area contributed by atoms with Crippen LogP contribution in [0.2, 0.25) is 0 Å². The summed E-state index contributed by atoms with van der Waals surface area (Å²) in [6.07, 6.45) is 3.84. The third-order valence-corrected chi connectivity index (χ3v) is 6.47. The summed E-state index contributed by atoms with van der Waals surface area (Å²) in [6.45, 7) is 7.57. The van der Waals surface area contributed by atoms with Crippen LogP contribution in [0.3, 0.4) is 0 Å². The van der Waals surface area contributed by atoms with E-state index in [0.29, 0.717) is 19.0 Å². The van der Waals surface area contributed by atoms with Crippen molar-refractivity contribution in [2.24, 2.45) is 11.8 Å². The fourth-order valence-electron chi connectivity index (χ4n) is 4.48. The van der Waals surface area contributed by atoms with Gasteiger partial charge in [0.05, 0.1) is 5.92 Å². The first-order chi connectivity index (χ1) is 15.8. The maximum absolute atomic E-state index is 13.7. The van der Waals surface area contributed by atoms with Gasteiger partial charge < -0.3 is 15.1 Å². The molecule has 1 N–H and O–H groups in total. The number of nitrogens with one attached hydrogen (secondary N) is 1. The Morgan fingerprint density at radius 1 is 1.06 bits per heavy atom. The van der Waals surface area contributed by atoms with Crippen LogP contribution in [0.1, 0.15) is 63.5 Å². The van der Waals surface area contributed by atoms with Gasteiger partial charge in [-0.2, -0.15) is 0 Å². The Kier molecular flexibility index (Phi) is 8.54. The van der Waals surface area contributed by atoms with E-state index in [1.54, 1.807) is 0 Å². The van der Waals surface area contributed by atoms with Gasteiger partial charge in [-0.3, -0.25) is 9.59 Å². The molecule has 2 aromatic rings. The van der Waals surface area contributed by atoms with Crippen LogP contribution in [-0.2, 0) is 16.1 Å². The van der Waals surface area contributed by atoms with Crippen LogP contribution in [0.5, 0.6) is 0 Å². The van der Waals surface area contributed by atoms with Crippen LogP contribution < -0.4 is 10.2 Å². The van der Waals surface area contributed by atoms with Gasteiger partial charge in [-0.15, -0.1) is 0 Å². The van der Waals surface area contributed by atoms with Crippen molar-refractivity contribution in [1.29, 1.82) is 0 Å². The number of hydrogen-bond donors (Lipinski definition) is 1. The molecule has 0 aliphatic heterocycles. The van der Waals surface area contributed by atoms with E-state index in [4.69, 9.17) is 0 Å². The molecule has 1 fully saturated rings. The van der Waals surface area contributed by atoms with E-state index in [1.807, 2.05) is 67.5 Å². The smallest absolute Gasteiger partial charge is 0.230 e. The lowest BCUT2D eigenvalue weighted by Crippen LogP contribution is -2.37. The van der Waals surface area contributed by atoms with E-state index in [0.717, 1.165) is 48.2 Å². The third-order valence-electron chi connectivity index (χ3n) is 6.47. The van der Waals surface area contributed by atoms with Gasteiger partial charge in [0.1, 0.15) is 0 Å². The molecule has 33 heavy (non-hydrogen) atoms. The maximum atomic E-state index is 13.7. The number of carbonyl (C=O) groups is 2. The summed E-state index contributed by atoms with van der Waals surface area (Å²) >= 11 is 0. The second-order valence-corrected chi connectivity index (χ2v) is 9.84. The first-order valence-corrected chi connectivity index (χ1v) is 12.2. The lowest BCUT2D eigenvalue weighted by atomic mass is 9.85. The number of carbonyl (C=O) groups excluding carboxylic acids is 2. The summed E-state index contributed by atoms with van der Waals surface area (Å²) in [5, 5.41) is 3.09. The number of nitrogens with zero attached hydrogens (tertiary/aromatic N) is 2. The normalized spacial score (nSPS) is 14.5. The highest BCUT2D eigenvalue weighted by atomic mass is 16.2. The topological polar surface area (TPSA) is 52.7 Å². The average molecular weight is 450 g/mol. The molecule has 3 rings (SSSR count). The fraction of sp³-hybridized carbons (Fsp3) is 0.500. The Balaban J connectivity index is 1.88. The Morgan fingerprint density at radius 3 is 2.30 bits per heavy atom. The summed E-state index contributed by atoms with van der Waals surface area (Å²) in [4.78, 5) is 30.3. The molecule has 1 saturated carbocycles. The van der Waals surface area contributed by atoms with E-state index in [9.17, 15) is 9.59 Å². The third kappa shape index (κ3) is 6.37. The van der Waals surface area contributed by atoms with Crippen molar-refractivity contribution in [2.75, 3.05) is 30.9 Å². The fourth-order valence-corrected chi connectivity index (χ4v) is 4.48. The van der Waals surface area contributed by atoms with Crippen molar-refractivity contribution < 1.29 is 9.59 Å². The number of amides is 2. The Bertz CT molecular complexity index is 935. The van der Waals surface area contributed by atoms with E-state index < -0.39 is 0 Å². The number of anilines is 2. The average Bonchev–Trinajstić information content (AvgIpc) is 2.73. The molecule has 0 spiro atoms. The molecule has 1 aliphatic rings. The predicted octanol–water partition coefficient (Wildman–Crippen LogP) is 5.67. The van der Waals surface area contributed by atoms with Crippen molar-refractivity contribution in [2.45, 2.75) is 58.9 Å². The first-order valence-electron chi connectivity index (χ1n) is 12.2. The number of benzene rings is 2. The van der Waals surface area contributed by atoms with Crippen molar-refractivity contribution in [3.63, 3.8) is 0 Å². The minimum Gasteiger partial charge on any atom is -0.377 e. The van der Waals surface area contributed by atoms with Gasteiger partial charge in [-0.25, -0.2) is 0 Å². The number of hydrogen-bond acceptors (Lipinski definition) is 3. The van der Waals surface area contributed by atoms with Crippen LogP contribution in [0.4, 0.5) is 11.4 Å². The summed E-state index contributed by atoms with van der Waals surface area (Å²) in [5.41, 5.74) is 3.97. The Hall–Kier alpha value is -2.82. The molecular weight excluding hydrogens is 410 g/mol. The molecule has 1 unspecified atom stereocenters.